The van der Waals surface area contributed by atoms with E-state index in [1.54, 1.807) is 13.8 Å². The number of hydrogen-bond acceptors (Lipinski definition) is 4. The van der Waals surface area contributed by atoms with Gasteiger partial charge in [0.15, 0.2) is 0 Å². The Morgan fingerprint density at radius 3 is 1.95 bits per heavy atom. The first-order valence-electron chi connectivity index (χ1n) is 5.56. The number of hydrogen-bond donors (Lipinski definition) is 1. The zero-order valence-corrected chi connectivity index (χ0v) is 11.4. The second-order valence-electron chi connectivity index (χ2n) is 4.79. The van der Waals surface area contributed by atoms with Crippen LogP contribution in [0.5, 0.6) is 0 Å². The molecule has 112 valence electrons. The van der Waals surface area contributed by atoms with E-state index in [1.165, 1.54) is 0 Å². The summed E-state index contributed by atoms with van der Waals surface area (Å²) in [6, 6.07) is -1.07. The third-order valence-electron chi connectivity index (χ3n) is 2.43. The molecule has 0 aliphatic rings. The van der Waals surface area contributed by atoms with Gasteiger partial charge in [-0.2, -0.15) is 13.2 Å². The average Bonchev–Trinajstić information content (AvgIpc) is 2.22. The molecule has 0 aromatic carbocycles. The van der Waals surface area contributed by atoms with E-state index in [4.69, 9.17) is 0 Å². The summed E-state index contributed by atoms with van der Waals surface area (Å²) in [7, 11) is 1.12. The molecule has 19 heavy (non-hydrogen) atoms. The van der Waals surface area contributed by atoms with Gasteiger partial charge in [-0.1, -0.05) is 13.8 Å². The number of rotatable bonds is 4. The smallest absolute Gasteiger partial charge is 0.427 e. The maximum absolute atomic E-state index is 12.5. The van der Waals surface area contributed by atoms with Crippen LogP contribution in [0.4, 0.5) is 18.0 Å². The van der Waals surface area contributed by atoms with Crippen molar-refractivity contribution in [2.75, 3.05) is 7.11 Å². The third-order valence-corrected chi connectivity index (χ3v) is 2.43. The maximum atomic E-state index is 12.5. The molecule has 0 heterocycles. The lowest BCUT2D eigenvalue weighted by Crippen LogP contribution is -2.50. The van der Waals surface area contributed by atoms with E-state index in [0.29, 0.717) is 0 Å². The van der Waals surface area contributed by atoms with Gasteiger partial charge < -0.3 is 14.8 Å². The number of alkyl carbamates (subject to hydrolysis) is 1. The minimum absolute atomic E-state index is 0.353. The number of nitrogens with one attached hydrogen (secondary N) is 1. The summed E-state index contributed by atoms with van der Waals surface area (Å²) in [4.78, 5) is 22.7. The van der Waals surface area contributed by atoms with Crippen molar-refractivity contribution in [2.45, 2.75) is 45.5 Å². The molecule has 0 bridgehead atoms. The van der Waals surface area contributed by atoms with Crippen LogP contribution in [0.15, 0.2) is 0 Å². The van der Waals surface area contributed by atoms with E-state index in [1.807, 2.05) is 0 Å². The molecule has 0 unspecified atom stereocenters. The van der Waals surface area contributed by atoms with E-state index < -0.39 is 29.9 Å². The molecule has 0 aliphatic carbocycles. The Hall–Kier alpha value is -1.47. The molecule has 0 fully saturated rings. The average molecular weight is 285 g/mol. The predicted octanol–water partition coefficient (Wildman–Crippen LogP) is 2.25. The minimum atomic E-state index is -4.71. The molecule has 0 saturated heterocycles. The second kappa shape index (κ2) is 6.12. The van der Waals surface area contributed by atoms with Gasteiger partial charge in [0.05, 0.1) is 7.11 Å². The van der Waals surface area contributed by atoms with Crippen molar-refractivity contribution in [3.63, 3.8) is 0 Å². The zero-order valence-electron chi connectivity index (χ0n) is 11.4. The first kappa shape index (κ1) is 17.5. The van der Waals surface area contributed by atoms with Crippen molar-refractivity contribution in [1.29, 1.82) is 0 Å². The van der Waals surface area contributed by atoms with Crippen LogP contribution < -0.4 is 5.32 Å². The summed E-state index contributed by atoms with van der Waals surface area (Å²) < 4.78 is 46.3. The monoisotopic (exact) mass is 285 g/mol. The van der Waals surface area contributed by atoms with E-state index in [0.717, 1.165) is 21.0 Å². The van der Waals surface area contributed by atoms with Crippen molar-refractivity contribution >= 4 is 12.1 Å². The van der Waals surface area contributed by atoms with Gasteiger partial charge in [-0.25, -0.2) is 9.59 Å². The molecular weight excluding hydrogens is 267 g/mol. The molecular formula is C11H18F3NO4. The fraction of sp³-hybridized carbons (Fsp3) is 0.818. The van der Waals surface area contributed by atoms with Crippen molar-refractivity contribution < 1.29 is 32.2 Å². The number of methoxy groups -OCH3 is 1. The summed E-state index contributed by atoms with van der Waals surface area (Å²) in [6.07, 6.45) is -6.03. The van der Waals surface area contributed by atoms with Gasteiger partial charge in [-0.15, -0.1) is 0 Å². The Labute approximate surface area is 109 Å². The van der Waals surface area contributed by atoms with E-state index in [-0.39, 0.29) is 5.92 Å². The summed E-state index contributed by atoms with van der Waals surface area (Å²) in [5.41, 5.74) is -2.64. The Morgan fingerprint density at radius 1 is 1.16 bits per heavy atom. The van der Waals surface area contributed by atoms with Crippen molar-refractivity contribution in [1.82, 2.24) is 5.32 Å². The number of halogens is 3. The Morgan fingerprint density at radius 2 is 1.63 bits per heavy atom. The predicted molar refractivity (Wildman–Crippen MR) is 60.4 cm³/mol. The molecule has 0 spiro atoms. The van der Waals surface area contributed by atoms with E-state index >= 15 is 0 Å². The van der Waals surface area contributed by atoms with Gasteiger partial charge in [0.1, 0.15) is 6.04 Å². The maximum Gasteiger partial charge on any atom is 0.427 e. The largest absolute Gasteiger partial charge is 0.467 e. The number of amides is 1. The van der Waals surface area contributed by atoms with Gasteiger partial charge in [0.2, 0.25) is 5.60 Å². The van der Waals surface area contributed by atoms with Gasteiger partial charge >= 0.3 is 18.2 Å². The highest BCUT2D eigenvalue weighted by molar-refractivity contribution is 5.81. The highest BCUT2D eigenvalue weighted by atomic mass is 19.4. The molecule has 0 aliphatic heterocycles. The molecule has 1 N–H and O–H groups in total. The molecule has 0 aromatic heterocycles. The molecule has 8 heteroatoms. The van der Waals surface area contributed by atoms with E-state index in [2.05, 4.69) is 14.8 Å². The van der Waals surface area contributed by atoms with Crippen LogP contribution in [-0.2, 0) is 14.3 Å². The van der Waals surface area contributed by atoms with Crippen LogP contribution in [0, 0.1) is 5.92 Å². The highest BCUT2D eigenvalue weighted by Crippen LogP contribution is 2.32. The van der Waals surface area contributed by atoms with Crippen molar-refractivity contribution in [3.05, 3.63) is 0 Å². The molecule has 1 amide bonds. The molecule has 0 radical (unpaired) electrons. The van der Waals surface area contributed by atoms with E-state index in [9.17, 15) is 22.8 Å². The van der Waals surface area contributed by atoms with Crippen LogP contribution >= 0.6 is 0 Å². The van der Waals surface area contributed by atoms with Crippen LogP contribution in [-0.4, -0.2) is 37.0 Å². The Balaban J connectivity index is 4.73. The lowest BCUT2D eigenvalue weighted by molar-refractivity contribution is -0.244. The van der Waals surface area contributed by atoms with Crippen LogP contribution in [0.3, 0.4) is 0 Å². The molecule has 5 nitrogen and oxygen atoms in total. The summed E-state index contributed by atoms with van der Waals surface area (Å²) in [6.45, 7) is 4.65. The summed E-state index contributed by atoms with van der Waals surface area (Å²) in [5.74, 6) is -1.11. The second-order valence-corrected chi connectivity index (χ2v) is 4.79. The normalized spacial score (nSPS) is 13.9. The standard InChI is InChI=1S/C11H18F3NO4/c1-6(2)7(8(16)18-5)15-9(17)19-10(3,4)11(12,13)14/h6-7H,1-5H3,(H,15,17)/t7-/m0/s1. The fourth-order valence-corrected chi connectivity index (χ4v) is 1.07. The number of alkyl halides is 3. The van der Waals surface area contributed by atoms with Crippen molar-refractivity contribution in [2.24, 2.45) is 5.92 Å². The molecule has 0 saturated carbocycles. The molecule has 0 aromatic rings. The lowest BCUT2D eigenvalue weighted by atomic mass is 10.1. The van der Waals surface area contributed by atoms with Gasteiger partial charge in [-0.3, -0.25) is 0 Å². The summed E-state index contributed by atoms with van der Waals surface area (Å²) in [5, 5.41) is 2.06. The Bertz CT molecular complexity index is 339. The molecule has 0 rings (SSSR count). The van der Waals surface area contributed by atoms with Crippen LogP contribution in [0.2, 0.25) is 0 Å². The third kappa shape index (κ3) is 4.96. The topological polar surface area (TPSA) is 64.6 Å². The fourth-order valence-electron chi connectivity index (χ4n) is 1.07. The minimum Gasteiger partial charge on any atom is -0.467 e. The number of carbonyl (C=O) groups excluding carboxylic acids is 2. The van der Waals surface area contributed by atoms with Gasteiger partial charge in [-0.05, 0) is 19.8 Å². The van der Waals surface area contributed by atoms with Gasteiger partial charge in [0.25, 0.3) is 0 Å². The SMILES string of the molecule is COC(=O)[C@@H](NC(=O)OC(C)(C)C(F)(F)F)C(C)C. The first-order chi connectivity index (χ1) is 8.42. The summed E-state index contributed by atoms with van der Waals surface area (Å²) >= 11 is 0. The van der Waals surface area contributed by atoms with Gasteiger partial charge in [0, 0.05) is 0 Å². The Kier molecular flexibility index (Phi) is 5.64. The highest BCUT2D eigenvalue weighted by Gasteiger charge is 2.51. The lowest BCUT2D eigenvalue weighted by Gasteiger charge is -2.29. The zero-order chi connectivity index (χ0) is 15.4. The van der Waals surface area contributed by atoms with Crippen LogP contribution in [0.25, 0.3) is 0 Å². The quantitative estimate of drug-likeness (QED) is 0.805. The number of carbonyl (C=O) groups is 2. The number of ether oxygens (including phenoxy) is 2. The molecule has 1 atom stereocenters. The first-order valence-corrected chi connectivity index (χ1v) is 5.56. The van der Waals surface area contributed by atoms with Crippen LogP contribution in [0.1, 0.15) is 27.7 Å². The van der Waals surface area contributed by atoms with Crippen molar-refractivity contribution in [3.8, 4) is 0 Å². The number of esters is 1.